The van der Waals surface area contributed by atoms with Crippen LogP contribution >= 0.6 is 0 Å². The van der Waals surface area contributed by atoms with E-state index in [0.29, 0.717) is 41.1 Å². The average molecular weight is 483 g/mol. The molecule has 0 saturated carbocycles. The highest BCUT2D eigenvalue weighted by molar-refractivity contribution is 5.91. The lowest BCUT2D eigenvalue weighted by atomic mass is 10.2. The number of ether oxygens (including phenoxy) is 3. The van der Waals surface area contributed by atoms with E-state index < -0.39 is 0 Å². The Balaban J connectivity index is 1.58. The third-order valence-electron chi connectivity index (χ3n) is 5.72. The fraction of sp³-hybridized carbons (Fsp3) is 0.148. The second-order valence-corrected chi connectivity index (χ2v) is 7.88. The van der Waals surface area contributed by atoms with Crippen LogP contribution in [0.4, 0.5) is 17.5 Å². The van der Waals surface area contributed by atoms with Crippen LogP contribution in [0.5, 0.6) is 17.2 Å². The summed E-state index contributed by atoms with van der Waals surface area (Å²) >= 11 is 0. The SMILES string of the molecule is COc1ccc(OC)c(Nc2nc(NCc3ccccc3OC)nc3c2cnn3-c2ccccc2)c1. The molecule has 9 nitrogen and oxygen atoms in total. The standard InChI is InChI=1S/C27H26N6O3/c1-34-20-13-14-24(36-3)22(15-20)30-25-21-17-29-33(19-10-5-4-6-11-19)26(21)32-27(31-25)28-16-18-9-7-8-12-23(18)35-2/h4-15,17H,16H2,1-3H3,(H2,28,30,31,32). The number of nitrogens with one attached hydrogen (secondary N) is 2. The van der Waals surface area contributed by atoms with Crippen LogP contribution in [0.1, 0.15) is 5.56 Å². The number of aromatic nitrogens is 4. The number of para-hydroxylation sites is 2. The van der Waals surface area contributed by atoms with Crippen molar-refractivity contribution in [1.82, 2.24) is 19.7 Å². The van der Waals surface area contributed by atoms with E-state index >= 15 is 0 Å². The van der Waals surface area contributed by atoms with E-state index in [1.165, 1.54) is 0 Å². The molecular formula is C27H26N6O3. The number of benzene rings is 3. The molecule has 2 heterocycles. The summed E-state index contributed by atoms with van der Waals surface area (Å²) in [6.45, 7) is 0.483. The molecule has 9 heteroatoms. The molecular weight excluding hydrogens is 456 g/mol. The van der Waals surface area contributed by atoms with Gasteiger partial charge in [-0.2, -0.15) is 15.1 Å². The quantitative estimate of drug-likeness (QED) is 0.296. The van der Waals surface area contributed by atoms with Gasteiger partial charge in [0.1, 0.15) is 23.1 Å². The molecule has 0 aliphatic carbocycles. The first kappa shape index (κ1) is 23.0. The van der Waals surface area contributed by atoms with Crippen LogP contribution in [0.25, 0.3) is 16.7 Å². The van der Waals surface area contributed by atoms with Gasteiger partial charge in [0.25, 0.3) is 0 Å². The van der Waals surface area contributed by atoms with Crippen molar-refractivity contribution in [3.05, 3.63) is 84.6 Å². The van der Waals surface area contributed by atoms with E-state index in [-0.39, 0.29) is 0 Å². The maximum absolute atomic E-state index is 5.55. The van der Waals surface area contributed by atoms with Gasteiger partial charge in [-0.25, -0.2) is 4.68 Å². The third-order valence-corrected chi connectivity index (χ3v) is 5.72. The smallest absolute Gasteiger partial charge is 0.227 e. The minimum absolute atomic E-state index is 0.440. The highest BCUT2D eigenvalue weighted by atomic mass is 16.5. The molecule has 0 atom stereocenters. The Hall–Kier alpha value is -4.79. The molecule has 2 aromatic heterocycles. The lowest BCUT2D eigenvalue weighted by molar-refractivity contribution is 0.405. The van der Waals surface area contributed by atoms with Crippen molar-refractivity contribution in [1.29, 1.82) is 0 Å². The zero-order valence-electron chi connectivity index (χ0n) is 20.2. The number of anilines is 3. The van der Waals surface area contributed by atoms with Crippen molar-refractivity contribution in [2.45, 2.75) is 6.54 Å². The molecule has 2 N–H and O–H groups in total. The van der Waals surface area contributed by atoms with E-state index in [4.69, 9.17) is 24.2 Å². The Bertz CT molecular complexity index is 1490. The molecule has 0 saturated heterocycles. The van der Waals surface area contributed by atoms with E-state index in [9.17, 15) is 0 Å². The topological polar surface area (TPSA) is 95.3 Å². The number of nitrogens with zero attached hydrogens (tertiary/aromatic N) is 4. The van der Waals surface area contributed by atoms with Crippen LogP contribution in [-0.4, -0.2) is 41.1 Å². The molecule has 0 spiro atoms. The Morgan fingerprint density at radius 3 is 2.36 bits per heavy atom. The largest absolute Gasteiger partial charge is 0.497 e. The van der Waals surface area contributed by atoms with E-state index in [1.807, 2.05) is 72.8 Å². The van der Waals surface area contributed by atoms with Gasteiger partial charge in [0.05, 0.1) is 44.3 Å². The second-order valence-electron chi connectivity index (χ2n) is 7.88. The van der Waals surface area contributed by atoms with Crippen LogP contribution in [0.2, 0.25) is 0 Å². The van der Waals surface area contributed by atoms with Gasteiger partial charge in [-0.1, -0.05) is 36.4 Å². The molecule has 0 radical (unpaired) electrons. The van der Waals surface area contributed by atoms with Crippen molar-refractivity contribution < 1.29 is 14.2 Å². The van der Waals surface area contributed by atoms with Crippen molar-refractivity contribution in [2.75, 3.05) is 32.0 Å². The predicted octanol–water partition coefficient (Wildman–Crippen LogP) is 5.20. The lowest BCUT2D eigenvalue weighted by Gasteiger charge is -2.14. The molecule has 0 fully saturated rings. The molecule has 5 aromatic rings. The summed E-state index contributed by atoms with van der Waals surface area (Å²) in [5.74, 6) is 3.16. The third kappa shape index (κ3) is 4.58. The first-order valence-corrected chi connectivity index (χ1v) is 11.4. The predicted molar refractivity (Wildman–Crippen MR) is 140 cm³/mol. The van der Waals surface area contributed by atoms with Gasteiger partial charge in [0.15, 0.2) is 5.65 Å². The van der Waals surface area contributed by atoms with Crippen molar-refractivity contribution in [3.8, 4) is 22.9 Å². The average Bonchev–Trinajstić information content (AvgIpc) is 3.37. The zero-order valence-corrected chi connectivity index (χ0v) is 20.2. The molecule has 0 amide bonds. The monoisotopic (exact) mass is 482 g/mol. The molecule has 3 aromatic carbocycles. The summed E-state index contributed by atoms with van der Waals surface area (Å²) in [5, 5.41) is 12.1. The van der Waals surface area contributed by atoms with Gasteiger partial charge in [0, 0.05) is 18.2 Å². The van der Waals surface area contributed by atoms with Gasteiger partial charge in [-0.05, 0) is 30.3 Å². The van der Waals surface area contributed by atoms with Gasteiger partial charge in [-0.15, -0.1) is 0 Å². The molecule has 36 heavy (non-hydrogen) atoms. The van der Waals surface area contributed by atoms with Gasteiger partial charge in [-0.3, -0.25) is 0 Å². The second kappa shape index (κ2) is 10.2. The van der Waals surface area contributed by atoms with Crippen molar-refractivity contribution >= 4 is 28.5 Å². The van der Waals surface area contributed by atoms with Crippen LogP contribution < -0.4 is 24.8 Å². The summed E-state index contributed by atoms with van der Waals surface area (Å²) in [6, 6.07) is 23.2. The molecule has 0 bridgehead atoms. The number of methoxy groups -OCH3 is 3. The van der Waals surface area contributed by atoms with E-state index in [0.717, 1.165) is 22.4 Å². The van der Waals surface area contributed by atoms with Crippen LogP contribution in [0.3, 0.4) is 0 Å². The first-order chi connectivity index (χ1) is 17.7. The summed E-state index contributed by atoms with van der Waals surface area (Å²) in [7, 11) is 4.90. The fourth-order valence-corrected chi connectivity index (χ4v) is 3.90. The fourth-order valence-electron chi connectivity index (χ4n) is 3.90. The first-order valence-electron chi connectivity index (χ1n) is 11.4. The van der Waals surface area contributed by atoms with Crippen LogP contribution in [-0.2, 0) is 6.54 Å². The molecule has 0 aliphatic heterocycles. The zero-order chi connectivity index (χ0) is 24.9. The Morgan fingerprint density at radius 1 is 0.806 bits per heavy atom. The van der Waals surface area contributed by atoms with E-state index in [1.54, 1.807) is 32.2 Å². The van der Waals surface area contributed by atoms with Gasteiger partial charge < -0.3 is 24.8 Å². The maximum atomic E-state index is 5.55. The summed E-state index contributed by atoms with van der Waals surface area (Å²) < 4.78 is 18.2. The molecule has 0 unspecified atom stereocenters. The summed E-state index contributed by atoms with van der Waals surface area (Å²) in [4.78, 5) is 9.58. The van der Waals surface area contributed by atoms with Gasteiger partial charge >= 0.3 is 0 Å². The minimum Gasteiger partial charge on any atom is -0.497 e. The lowest BCUT2D eigenvalue weighted by Crippen LogP contribution is -2.08. The maximum Gasteiger partial charge on any atom is 0.227 e. The number of fused-ring (bicyclic) bond motifs is 1. The highest BCUT2D eigenvalue weighted by Crippen LogP contribution is 2.34. The summed E-state index contributed by atoms with van der Waals surface area (Å²) in [6.07, 6.45) is 1.75. The minimum atomic E-state index is 0.440. The Kier molecular flexibility index (Phi) is 6.53. The van der Waals surface area contributed by atoms with E-state index in [2.05, 4.69) is 15.7 Å². The Morgan fingerprint density at radius 2 is 1.58 bits per heavy atom. The van der Waals surface area contributed by atoms with Crippen molar-refractivity contribution in [2.24, 2.45) is 0 Å². The van der Waals surface area contributed by atoms with Crippen molar-refractivity contribution in [3.63, 3.8) is 0 Å². The Labute approximate surface area is 208 Å². The summed E-state index contributed by atoms with van der Waals surface area (Å²) in [5.41, 5.74) is 3.25. The number of rotatable bonds is 9. The molecule has 0 aliphatic rings. The van der Waals surface area contributed by atoms with Crippen LogP contribution in [0.15, 0.2) is 79.0 Å². The molecule has 5 rings (SSSR count). The normalized spacial score (nSPS) is 10.8. The highest BCUT2D eigenvalue weighted by Gasteiger charge is 2.16. The number of hydrogen-bond acceptors (Lipinski definition) is 8. The van der Waals surface area contributed by atoms with Gasteiger partial charge in [0.2, 0.25) is 5.95 Å². The number of hydrogen-bond donors (Lipinski definition) is 2. The molecule has 182 valence electrons. The van der Waals surface area contributed by atoms with Crippen LogP contribution in [0, 0.1) is 0 Å².